The fraction of sp³-hybridized carbons (Fsp3) is 0.714. The Kier molecular flexibility index (Phi) is 3.59. The van der Waals surface area contributed by atoms with Gasteiger partial charge >= 0.3 is 0 Å². The lowest BCUT2D eigenvalue weighted by atomic mass is 9.77. The molecule has 1 aromatic rings. The zero-order chi connectivity index (χ0) is 12.5. The number of aryl methyl sites for hydroxylation is 1. The molecule has 1 aliphatic rings. The van der Waals surface area contributed by atoms with Crippen LogP contribution in [0, 0.1) is 13.8 Å². The quantitative estimate of drug-likeness (QED) is 0.822. The van der Waals surface area contributed by atoms with E-state index in [2.05, 4.69) is 36.7 Å². The molecule has 1 saturated carbocycles. The molecule has 1 aliphatic carbocycles. The van der Waals surface area contributed by atoms with Gasteiger partial charge in [0.1, 0.15) is 0 Å². The van der Waals surface area contributed by atoms with E-state index in [9.17, 15) is 5.11 Å². The minimum absolute atomic E-state index is 0.00859. The molecule has 0 aliphatic heterocycles. The van der Waals surface area contributed by atoms with Gasteiger partial charge in [-0.3, -0.25) is 0 Å². The summed E-state index contributed by atoms with van der Waals surface area (Å²) in [5.74, 6) is 0. The predicted octanol–water partition coefficient (Wildman–Crippen LogP) is 2.13. The largest absolute Gasteiger partial charge is 0.394 e. The van der Waals surface area contributed by atoms with Crippen LogP contribution in [0.3, 0.4) is 0 Å². The summed E-state index contributed by atoms with van der Waals surface area (Å²) in [7, 11) is 0. The number of nitrogens with one attached hydrogen (secondary N) is 1. The Bertz CT molecular complexity index is 386. The lowest BCUT2D eigenvalue weighted by molar-refractivity contribution is 0.0871. The van der Waals surface area contributed by atoms with Gasteiger partial charge in [0.25, 0.3) is 0 Å². The summed E-state index contributed by atoms with van der Waals surface area (Å²) < 4.78 is 2.34. The minimum atomic E-state index is 0.00859. The molecule has 0 unspecified atom stereocenters. The van der Waals surface area contributed by atoms with Gasteiger partial charge in [0.05, 0.1) is 6.61 Å². The van der Waals surface area contributed by atoms with Crippen molar-refractivity contribution in [2.45, 2.75) is 58.7 Å². The van der Waals surface area contributed by atoms with Gasteiger partial charge in [-0.2, -0.15) is 0 Å². The fourth-order valence-electron chi connectivity index (χ4n) is 2.81. The first kappa shape index (κ1) is 12.7. The van der Waals surface area contributed by atoms with Crippen LogP contribution in [0.1, 0.15) is 43.1 Å². The number of hydrogen-bond acceptors (Lipinski definition) is 2. The van der Waals surface area contributed by atoms with E-state index in [0.29, 0.717) is 0 Å². The maximum absolute atomic E-state index is 9.42. The summed E-state index contributed by atoms with van der Waals surface area (Å²) in [5, 5.41) is 13.0. The van der Waals surface area contributed by atoms with Crippen LogP contribution >= 0.6 is 0 Å². The number of hydrogen-bond donors (Lipinski definition) is 2. The Balaban J connectivity index is 2.04. The molecule has 0 radical (unpaired) electrons. The van der Waals surface area contributed by atoms with Gasteiger partial charge in [-0.05, 0) is 51.7 Å². The first-order valence-corrected chi connectivity index (χ1v) is 6.63. The third-order valence-electron chi connectivity index (χ3n) is 4.26. The molecule has 0 aromatic carbocycles. The highest BCUT2D eigenvalue weighted by Crippen LogP contribution is 2.31. The average molecular weight is 236 g/mol. The molecule has 0 atom stereocenters. The Morgan fingerprint density at radius 1 is 1.41 bits per heavy atom. The average Bonchev–Trinajstić information content (AvgIpc) is 2.53. The molecule has 1 heterocycles. The van der Waals surface area contributed by atoms with E-state index in [-0.39, 0.29) is 12.1 Å². The molecule has 0 bridgehead atoms. The van der Waals surface area contributed by atoms with Gasteiger partial charge in [-0.1, -0.05) is 0 Å². The van der Waals surface area contributed by atoms with E-state index < -0.39 is 0 Å². The first-order valence-electron chi connectivity index (χ1n) is 6.63. The molecule has 0 amide bonds. The highest BCUT2D eigenvalue weighted by Gasteiger charge is 2.35. The number of nitrogens with zero attached hydrogens (tertiary/aromatic N) is 1. The number of aliphatic hydroxyl groups is 1. The molecule has 17 heavy (non-hydrogen) atoms. The Morgan fingerprint density at radius 3 is 2.53 bits per heavy atom. The van der Waals surface area contributed by atoms with Crippen LogP contribution in [-0.2, 0) is 13.1 Å². The molecular formula is C14H24N2O. The minimum Gasteiger partial charge on any atom is -0.394 e. The number of rotatable bonds is 5. The summed E-state index contributed by atoms with van der Waals surface area (Å²) >= 11 is 0. The molecule has 0 saturated heterocycles. The maximum atomic E-state index is 9.42. The summed E-state index contributed by atoms with van der Waals surface area (Å²) in [6.45, 7) is 8.69. The van der Waals surface area contributed by atoms with Crippen LogP contribution in [0.5, 0.6) is 0 Å². The Labute approximate surface area is 104 Å². The second-order valence-corrected chi connectivity index (χ2v) is 5.29. The monoisotopic (exact) mass is 236 g/mol. The zero-order valence-corrected chi connectivity index (χ0v) is 11.2. The summed E-state index contributed by atoms with van der Waals surface area (Å²) in [5.41, 5.74) is 4.05. The fourth-order valence-corrected chi connectivity index (χ4v) is 2.81. The van der Waals surface area contributed by atoms with E-state index in [4.69, 9.17) is 0 Å². The molecule has 1 aromatic heterocycles. The van der Waals surface area contributed by atoms with Crippen molar-refractivity contribution >= 4 is 0 Å². The van der Waals surface area contributed by atoms with E-state index >= 15 is 0 Å². The molecule has 3 heteroatoms. The van der Waals surface area contributed by atoms with Crippen LogP contribution in [-0.4, -0.2) is 21.8 Å². The van der Waals surface area contributed by atoms with Gasteiger partial charge in [-0.15, -0.1) is 0 Å². The van der Waals surface area contributed by atoms with Crippen LogP contribution in [0.2, 0.25) is 0 Å². The van der Waals surface area contributed by atoms with Crippen molar-refractivity contribution < 1.29 is 5.11 Å². The van der Waals surface area contributed by atoms with Gasteiger partial charge in [0, 0.05) is 30.0 Å². The third kappa shape index (κ3) is 2.26. The molecule has 0 spiro atoms. The topological polar surface area (TPSA) is 37.2 Å². The van der Waals surface area contributed by atoms with Crippen molar-refractivity contribution in [2.24, 2.45) is 0 Å². The van der Waals surface area contributed by atoms with Crippen LogP contribution in [0.25, 0.3) is 0 Å². The van der Waals surface area contributed by atoms with Gasteiger partial charge in [0.2, 0.25) is 0 Å². The maximum Gasteiger partial charge on any atom is 0.0613 e. The summed E-state index contributed by atoms with van der Waals surface area (Å²) in [6.07, 6.45) is 3.45. The van der Waals surface area contributed by atoms with Crippen LogP contribution in [0.15, 0.2) is 6.07 Å². The molecule has 96 valence electrons. The highest BCUT2D eigenvalue weighted by atomic mass is 16.3. The predicted molar refractivity (Wildman–Crippen MR) is 70.1 cm³/mol. The van der Waals surface area contributed by atoms with Gasteiger partial charge in [0.15, 0.2) is 0 Å². The second kappa shape index (κ2) is 4.83. The van der Waals surface area contributed by atoms with Gasteiger partial charge < -0.3 is 15.0 Å². The molecule has 2 rings (SSSR count). The molecule has 1 fully saturated rings. The third-order valence-corrected chi connectivity index (χ3v) is 4.26. The lowest BCUT2D eigenvalue weighted by Gasteiger charge is -2.41. The Hall–Kier alpha value is -0.800. The normalized spacial score (nSPS) is 18.1. The van der Waals surface area contributed by atoms with Crippen molar-refractivity contribution in [1.82, 2.24) is 9.88 Å². The molecular weight excluding hydrogens is 212 g/mol. The van der Waals surface area contributed by atoms with Gasteiger partial charge in [-0.25, -0.2) is 0 Å². The SMILES string of the molecule is CCn1c(C)cc(CNC2(CO)CCC2)c1C. The summed E-state index contributed by atoms with van der Waals surface area (Å²) in [6, 6.07) is 2.26. The van der Waals surface area contributed by atoms with Crippen molar-refractivity contribution in [1.29, 1.82) is 0 Å². The van der Waals surface area contributed by atoms with E-state index in [1.165, 1.54) is 23.4 Å². The van der Waals surface area contributed by atoms with Crippen LogP contribution in [0.4, 0.5) is 0 Å². The van der Waals surface area contributed by atoms with E-state index in [1.807, 2.05) is 0 Å². The highest BCUT2D eigenvalue weighted by molar-refractivity contribution is 5.26. The van der Waals surface area contributed by atoms with Crippen molar-refractivity contribution in [3.63, 3.8) is 0 Å². The first-order chi connectivity index (χ1) is 8.12. The smallest absolute Gasteiger partial charge is 0.0613 e. The van der Waals surface area contributed by atoms with Crippen molar-refractivity contribution in [3.8, 4) is 0 Å². The lowest BCUT2D eigenvalue weighted by Crippen LogP contribution is -2.53. The van der Waals surface area contributed by atoms with E-state index in [1.54, 1.807) is 0 Å². The summed E-state index contributed by atoms with van der Waals surface area (Å²) in [4.78, 5) is 0. The standard InChI is InChI=1S/C14H24N2O/c1-4-16-11(2)8-13(12(16)3)9-15-14(10-17)6-5-7-14/h8,15,17H,4-7,9-10H2,1-3H3. The number of aromatic nitrogens is 1. The molecule has 2 N–H and O–H groups in total. The van der Waals surface area contributed by atoms with Crippen molar-refractivity contribution in [3.05, 3.63) is 23.0 Å². The molecule has 3 nitrogen and oxygen atoms in total. The number of aliphatic hydroxyl groups excluding tert-OH is 1. The van der Waals surface area contributed by atoms with Crippen LogP contribution < -0.4 is 5.32 Å². The van der Waals surface area contributed by atoms with Crippen molar-refractivity contribution in [2.75, 3.05) is 6.61 Å². The second-order valence-electron chi connectivity index (χ2n) is 5.29. The van der Waals surface area contributed by atoms with E-state index in [0.717, 1.165) is 25.9 Å². The Morgan fingerprint density at radius 2 is 2.12 bits per heavy atom. The zero-order valence-electron chi connectivity index (χ0n) is 11.2.